The van der Waals surface area contributed by atoms with Crippen LogP contribution in [0.15, 0.2) is 28.7 Å². The van der Waals surface area contributed by atoms with Gasteiger partial charge in [-0.3, -0.25) is 0 Å². The second kappa shape index (κ2) is 6.02. The van der Waals surface area contributed by atoms with Crippen molar-refractivity contribution in [3.05, 3.63) is 34.3 Å². The van der Waals surface area contributed by atoms with Crippen molar-refractivity contribution in [3.63, 3.8) is 0 Å². The second-order valence-electron chi connectivity index (χ2n) is 3.93. The summed E-state index contributed by atoms with van der Waals surface area (Å²) in [5.41, 5.74) is 0.735. The maximum Gasteiger partial charge on any atom is 0.328 e. The molecule has 0 amide bonds. The molecule has 1 atom stereocenters. The van der Waals surface area contributed by atoms with Crippen LogP contribution in [0.5, 0.6) is 5.75 Å². The van der Waals surface area contributed by atoms with Crippen LogP contribution < -0.4 is 4.74 Å². The average molecular weight is 313 g/mol. The van der Waals surface area contributed by atoms with Crippen LogP contribution in [0, 0.1) is 0 Å². The molecule has 1 saturated heterocycles. The number of hydrogen-bond acceptors (Lipinski definition) is 3. The maximum atomic E-state index is 10.6. The molecule has 0 bridgehead atoms. The zero-order chi connectivity index (χ0) is 13.0. The van der Waals surface area contributed by atoms with E-state index >= 15 is 0 Å². The first kappa shape index (κ1) is 13.1. The van der Waals surface area contributed by atoms with Gasteiger partial charge in [0.2, 0.25) is 0 Å². The van der Waals surface area contributed by atoms with E-state index in [2.05, 4.69) is 15.9 Å². The molecular weight excluding hydrogens is 300 g/mol. The molecule has 1 heterocycles. The van der Waals surface area contributed by atoms with Gasteiger partial charge in [-0.2, -0.15) is 0 Å². The van der Waals surface area contributed by atoms with Gasteiger partial charge in [-0.25, -0.2) is 4.79 Å². The van der Waals surface area contributed by atoms with Crippen LogP contribution in [-0.2, 0) is 9.53 Å². The van der Waals surface area contributed by atoms with Crippen LogP contribution in [0.4, 0.5) is 0 Å². The summed E-state index contributed by atoms with van der Waals surface area (Å²) in [6, 6.07) is 5.52. The SMILES string of the molecule is O=C(O)C=Cc1cccc(Br)c1OC1CCOC1. The third kappa shape index (κ3) is 3.34. The third-order valence-corrected chi connectivity index (χ3v) is 3.20. The molecule has 18 heavy (non-hydrogen) atoms. The van der Waals surface area contributed by atoms with E-state index in [1.54, 1.807) is 0 Å². The van der Waals surface area contributed by atoms with E-state index in [0.29, 0.717) is 19.0 Å². The number of benzene rings is 1. The van der Waals surface area contributed by atoms with Crippen molar-refractivity contribution in [2.75, 3.05) is 13.2 Å². The molecule has 4 nitrogen and oxygen atoms in total. The number of halogens is 1. The molecule has 1 fully saturated rings. The lowest BCUT2D eigenvalue weighted by Gasteiger charge is -2.15. The molecule has 1 aromatic rings. The van der Waals surface area contributed by atoms with Gasteiger partial charge in [-0.05, 0) is 28.1 Å². The molecule has 2 rings (SSSR count). The van der Waals surface area contributed by atoms with Crippen molar-refractivity contribution < 1.29 is 19.4 Å². The number of rotatable bonds is 4. The van der Waals surface area contributed by atoms with E-state index in [1.807, 2.05) is 18.2 Å². The lowest BCUT2D eigenvalue weighted by atomic mass is 10.2. The highest BCUT2D eigenvalue weighted by Crippen LogP contribution is 2.32. The highest BCUT2D eigenvalue weighted by molar-refractivity contribution is 9.10. The molecule has 1 aliphatic rings. The normalized spacial score (nSPS) is 19.3. The molecule has 0 aromatic heterocycles. The zero-order valence-corrected chi connectivity index (χ0v) is 11.2. The van der Waals surface area contributed by atoms with E-state index in [1.165, 1.54) is 6.08 Å². The van der Waals surface area contributed by atoms with Gasteiger partial charge < -0.3 is 14.6 Å². The molecule has 1 aromatic carbocycles. The number of carboxylic acids is 1. The number of aliphatic carboxylic acids is 1. The minimum Gasteiger partial charge on any atom is -0.486 e. The Balaban J connectivity index is 2.22. The number of hydrogen-bond donors (Lipinski definition) is 1. The number of para-hydroxylation sites is 1. The van der Waals surface area contributed by atoms with Gasteiger partial charge in [-0.1, -0.05) is 12.1 Å². The Labute approximate surface area is 113 Å². The summed E-state index contributed by atoms with van der Waals surface area (Å²) in [6.45, 7) is 1.28. The summed E-state index contributed by atoms with van der Waals surface area (Å²) < 4.78 is 11.9. The van der Waals surface area contributed by atoms with Crippen LogP contribution in [-0.4, -0.2) is 30.4 Å². The Morgan fingerprint density at radius 1 is 1.56 bits per heavy atom. The van der Waals surface area contributed by atoms with Crippen LogP contribution >= 0.6 is 15.9 Å². The second-order valence-corrected chi connectivity index (χ2v) is 4.79. The Kier molecular flexibility index (Phi) is 4.38. The largest absolute Gasteiger partial charge is 0.486 e. The van der Waals surface area contributed by atoms with Crippen molar-refractivity contribution in [2.24, 2.45) is 0 Å². The van der Waals surface area contributed by atoms with Crippen molar-refractivity contribution in [2.45, 2.75) is 12.5 Å². The Bertz CT molecular complexity index is 464. The van der Waals surface area contributed by atoms with E-state index in [4.69, 9.17) is 14.6 Å². The molecule has 0 saturated carbocycles. The fourth-order valence-electron chi connectivity index (χ4n) is 1.71. The Morgan fingerprint density at radius 2 is 2.39 bits per heavy atom. The van der Waals surface area contributed by atoms with Gasteiger partial charge in [0.25, 0.3) is 0 Å². The third-order valence-electron chi connectivity index (χ3n) is 2.58. The molecule has 0 aliphatic carbocycles. The molecule has 1 aliphatic heterocycles. The van der Waals surface area contributed by atoms with Crippen molar-refractivity contribution in [3.8, 4) is 5.75 Å². The molecular formula is C13H13BrO4. The van der Waals surface area contributed by atoms with Crippen molar-refractivity contribution in [1.82, 2.24) is 0 Å². The van der Waals surface area contributed by atoms with E-state index < -0.39 is 5.97 Å². The highest BCUT2D eigenvalue weighted by atomic mass is 79.9. The van der Waals surface area contributed by atoms with E-state index in [9.17, 15) is 4.79 Å². The summed E-state index contributed by atoms with van der Waals surface area (Å²) in [7, 11) is 0. The lowest BCUT2D eigenvalue weighted by Crippen LogP contribution is -2.16. The number of ether oxygens (including phenoxy) is 2. The van der Waals surface area contributed by atoms with Crippen LogP contribution in [0.25, 0.3) is 6.08 Å². The monoisotopic (exact) mass is 312 g/mol. The quantitative estimate of drug-likeness (QED) is 0.869. The zero-order valence-electron chi connectivity index (χ0n) is 9.64. The van der Waals surface area contributed by atoms with Gasteiger partial charge in [0.1, 0.15) is 11.9 Å². The van der Waals surface area contributed by atoms with Crippen molar-refractivity contribution in [1.29, 1.82) is 0 Å². The maximum absolute atomic E-state index is 10.6. The predicted molar refractivity (Wildman–Crippen MR) is 70.7 cm³/mol. The topological polar surface area (TPSA) is 55.8 Å². The minimum atomic E-state index is -0.981. The first-order valence-electron chi connectivity index (χ1n) is 5.61. The highest BCUT2D eigenvalue weighted by Gasteiger charge is 2.19. The van der Waals surface area contributed by atoms with E-state index in [-0.39, 0.29) is 6.10 Å². The first-order valence-corrected chi connectivity index (χ1v) is 6.40. The number of carbonyl (C=O) groups is 1. The van der Waals surface area contributed by atoms with Gasteiger partial charge in [0.05, 0.1) is 17.7 Å². The molecule has 5 heteroatoms. The molecule has 0 radical (unpaired) electrons. The van der Waals surface area contributed by atoms with Crippen LogP contribution in [0.3, 0.4) is 0 Å². The summed E-state index contributed by atoms with van der Waals surface area (Å²) in [6.07, 6.45) is 3.50. The van der Waals surface area contributed by atoms with Crippen molar-refractivity contribution >= 4 is 28.0 Å². The summed E-state index contributed by atoms with van der Waals surface area (Å²) in [5.74, 6) is -0.323. The van der Waals surface area contributed by atoms with Gasteiger partial charge >= 0.3 is 5.97 Å². The average Bonchev–Trinajstić information content (AvgIpc) is 2.82. The molecule has 1 N–H and O–H groups in total. The minimum absolute atomic E-state index is 0.0284. The van der Waals surface area contributed by atoms with E-state index in [0.717, 1.165) is 22.5 Å². The Hall–Kier alpha value is -1.33. The van der Waals surface area contributed by atoms with Gasteiger partial charge in [-0.15, -0.1) is 0 Å². The fraction of sp³-hybridized carbons (Fsp3) is 0.308. The molecule has 96 valence electrons. The summed E-state index contributed by atoms with van der Waals surface area (Å²) in [4.78, 5) is 10.6. The molecule has 0 spiro atoms. The summed E-state index contributed by atoms with van der Waals surface area (Å²) in [5, 5.41) is 8.66. The summed E-state index contributed by atoms with van der Waals surface area (Å²) >= 11 is 3.41. The van der Waals surface area contributed by atoms with Crippen LogP contribution in [0.1, 0.15) is 12.0 Å². The Morgan fingerprint density at radius 3 is 3.06 bits per heavy atom. The standard InChI is InChI=1S/C13H13BrO4/c14-11-3-1-2-9(4-5-12(15)16)13(11)18-10-6-7-17-8-10/h1-5,10H,6-8H2,(H,15,16). The van der Waals surface area contributed by atoms with Crippen LogP contribution in [0.2, 0.25) is 0 Å². The smallest absolute Gasteiger partial charge is 0.328 e. The predicted octanol–water partition coefficient (Wildman–Crippen LogP) is 2.71. The fourth-order valence-corrected chi connectivity index (χ4v) is 2.19. The lowest BCUT2D eigenvalue weighted by molar-refractivity contribution is -0.131. The molecule has 1 unspecified atom stereocenters. The number of carboxylic acid groups (broad SMARTS) is 1. The van der Waals surface area contributed by atoms with Gasteiger partial charge in [0.15, 0.2) is 0 Å². The van der Waals surface area contributed by atoms with Gasteiger partial charge in [0, 0.05) is 18.1 Å². The first-order chi connectivity index (χ1) is 8.66.